The van der Waals surface area contributed by atoms with E-state index in [1.807, 2.05) is 45.0 Å². The van der Waals surface area contributed by atoms with E-state index in [9.17, 15) is 9.90 Å². The van der Waals surface area contributed by atoms with Crippen LogP contribution in [-0.2, 0) is 4.79 Å². The molecule has 0 aromatic heterocycles. The largest absolute Gasteiger partial charge is 0.494 e. The van der Waals surface area contributed by atoms with Crippen molar-refractivity contribution in [3.63, 3.8) is 0 Å². The molecule has 0 fully saturated rings. The molecule has 0 aliphatic heterocycles. The highest BCUT2D eigenvalue weighted by molar-refractivity contribution is 5.76. The van der Waals surface area contributed by atoms with Crippen molar-refractivity contribution in [2.45, 2.75) is 45.6 Å². The van der Waals surface area contributed by atoms with Crippen LogP contribution in [0.1, 0.15) is 38.7 Å². The number of hydrogen-bond acceptors (Lipinski definition) is 3. The van der Waals surface area contributed by atoms with E-state index in [-0.39, 0.29) is 12.5 Å². The average molecular weight is 279 g/mol. The van der Waals surface area contributed by atoms with Gasteiger partial charge in [-0.3, -0.25) is 4.79 Å². The quantitative estimate of drug-likeness (QED) is 0.719. The molecule has 0 heterocycles. The number of nitrogens with one attached hydrogen (secondary N) is 1. The molecule has 1 unspecified atom stereocenters. The summed E-state index contributed by atoms with van der Waals surface area (Å²) in [6.07, 6.45) is 1.77. The van der Waals surface area contributed by atoms with E-state index in [0.717, 1.165) is 5.75 Å². The topological polar surface area (TPSA) is 58.6 Å². The molecule has 2 N–H and O–H groups in total. The molecule has 1 aromatic rings. The van der Waals surface area contributed by atoms with Crippen molar-refractivity contribution >= 4 is 5.91 Å². The van der Waals surface area contributed by atoms with Crippen molar-refractivity contribution in [1.82, 2.24) is 5.32 Å². The van der Waals surface area contributed by atoms with Crippen LogP contribution in [0, 0.1) is 6.92 Å². The summed E-state index contributed by atoms with van der Waals surface area (Å²) >= 11 is 0. The van der Waals surface area contributed by atoms with Gasteiger partial charge in [-0.05, 0) is 38.8 Å². The molecule has 0 radical (unpaired) electrons. The Kier molecular flexibility index (Phi) is 6.52. The fourth-order valence-corrected chi connectivity index (χ4v) is 1.70. The predicted molar refractivity (Wildman–Crippen MR) is 79.8 cm³/mol. The number of ether oxygens (including phenoxy) is 1. The zero-order valence-electron chi connectivity index (χ0n) is 12.6. The van der Waals surface area contributed by atoms with Crippen molar-refractivity contribution < 1.29 is 14.6 Å². The van der Waals surface area contributed by atoms with Crippen LogP contribution in [-0.4, -0.2) is 29.8 Å². The summed E-state index contributed by atoms with van der Waals surface area (Å²) in [5.74, 6) is 0.778. The zero-order valence-corrected chi connectivity index (χ0v) is 12.6. The monoisotopic (exact) mass is 279 g/mol. The van der Waals surface area contributed by atoms with E-state index in [4.69, 9.17) is 4.74 Å². The fraction of sp³-hybridized carbons (Fsp3) is 0.562. The van der Waals surface area contributed by atoms with Crippen molar-refractivity contribution in [2.24, 2.45) is 0 Å². The summed E-state index contributed by atoms with van der Waals surface area (Å²) in [6.45, 7) is 6.28. The maximum Gasteiger partial charge on any atom is 0.220 e. The van der Waals surface area contributed by atoms with E-state index in [2.05, 4.69) is 5.32 Å². The number of carbonyl (C=O) groups is 1. The highest BCUT2D eigenvalue weighted by atomic mass is 16.5. The molecule has 1 amide bonds. The Morgan fingerprint density at radius 2 is 2.00 bits per heavy atom. The van der Waals surface area contributed by atoms with E-state index < -0.39 is 5.54 Å². The van der Waals surface area contributed by atoms with Gasteiger partial charge < -0.3 is 15.2 Å². The minimum atomic E-state index is -0.519. The van der Waals surface area contributed by atoms with Gasteiger partial charge in [-0.25, -0.2) is 0 Å². The molecule has 0 spiro atoms. The summed E-state index contributed by atoms with van der Waals surface area (Å²) in [7, 11) is 0. The molecular formula is C16H25NO3. The van der Waals surface area contributed by atoms with Crippen LogP contribution >= 0.6 is 0 Å². The lowest BCUT2D eigenvalue weighted by atomic mass is 10.00. The first kappa shape index (κ1) is 16.5. The van der Waals surface area contributed by atoms with E-state index in [1.54, 1.807) is 0 Å². The number of aliphatic hydroxyl groups is 1. The van der Waals surface area contributed by atoms with Crippen molar-refractivity contribution in [3.8, 4) is 5.75 Å². The Balaban J connectivity index is 2.24. The van der Waals surface area contributed by atoms with Crippen LogP contribution < -0.4 is 10.1 Å². The summed E-state index contributed by atoms with van der Waals surface area (Å²) in [5, 5.41) is 12.1. The Morgan fingerprint density at radius 3 is 2.55 bits per heavy atom. The van der Waals surface area contributed by atoms with Gasteiger partial charge in [0.2, 0.25) is 5.91 Å². The van der Waals surface area contributed by atoms with Gasteiger partial charge in [0.25, 0.3) is 0 Å². The second kappa shape index (κ2) is 7.90. The predicted octanol–water partition coefficient (Wildman–Crippen LogP) is 2.43. The molecule has 4 heteroatoms. The van der Waals surface area contributed by atoms with Crippen LogP contribution in [0.25, 0.3) is 0 Å². The second-order valence-corrected chi connectivity index (χ2v) is 5.39. The number of aliphatic hydroxyl groups excluding tert-OH is 1. The Hall–Kier alpha value is -1.55. The van der Waals surface area contributed by atoms with Gasteiger partial charge in [0, 0.05) is 6.42 Å². The molecule has 0 bridgehead atoms. The van der Waals surface area contributed by atoms with Gasteiger partial charge in [0.05, 0.1) is 18.8 Å². The van der Waals surface area contributed by atoms with Crippen LogP contribution in [0.4, 0.5) is 0 Å². The molecule has 1 rings (SSSR count). The normalized spacial score (nSPS) is 13.6. The summed E-state index contributed by atoms with van der Waals surface area (Å²) in [5.41, 5.74) is 0.675. The summed E-state index contributed by atoms with van der Waals surface area (Å²) in [6, 6.07) is 7.84. The lowest BCUT2D eigenvalue weighted by Crippen LogP contribution is -2.48. The van der Waals surface area contributed by atoms with E-state index in [1.165, 1.54) is 5.56 Å². The van der Waals surface area contributed by atoms with Gasteiger partial charge in [-0.1, -0.05) is 24.6 Å². The third-order valence-electron chi connectivity index (χ3n) is 3.41. The standard InChI is InChI=1S/C16H25NO3/c1-4-16(3,12-18)17-15(19)6-5-11-20-14-9-7-13(2)8-10-14/h7-10,18H,4-6,11-12H2,1-3H3,(H,17,19). The van der Waals surface area contributed by atoms with Gasteiger partial charge in [-0.15, -0.1) is 0 Å². The Bertz CT molecular complexity index is 410. The fourth-order valence-electron chi connectivity index (χ4n) is 1.70. The third kappa shape index (κ3) is 5.61. The first-order valence-electron chi connectivity index (χ1n) is 7.10. The Labute approximate surface area is 121 Å². The highest BCUT2D eigenvalue weighted by Crippen LogP contribution is 2.12. The smallest absolute Gasteiger partial charge is 0.220 e. The number of carbonyl (C=O) groups excluding carboxylic acids is 1. The number of benzene rings is 1. The van der Waals surface area contributed by atoms with Gasteiger partial charge in [-0.2, -0.15) is 0 Å². The van der Waals surface area contributed by atoms with Crippen LogP contribution in [0.15, 0.2) is 24.3 Å². The van der Waals surface area contributed by atoms with Crippen LogP contribution in [0.2, 0.25) is 0 Å². The van der Waals surface area contributed by atoms with Crippen LogP contribution in [0.3, 0.4) is 0 Å². The zero-order chi connectivity index (χ0) is 15.0. The minimum absolute atomic E-state index is 0.0455. The first-order chi connectivity index (χ1) is 9.49. The molecule has 4 nitrogen and oxygen atoms in total. The van der Waals surface area contributed by atoms with E-state index >= 15 is 0 Å². The maximum atomic E-state index is 11.8. The van der Waals surface area contributed by atoms with Gasteiger partial charge in [0.15, 0.2) is 0 Å². The number of amides is 1. The number of aryl methyl sites for hydroxylation is 1. The number of rotatable bonds is 8. The van der Waals surface area contributed by atoms with E-state index in [0.29, 0.717) is 25.9 Å². The molecule has 0 aliphatic rings. The average Bonchev–Trinajstić information content (AvgIpc) is 2.45. The molecule has 0 saturated heterocycles. The van der Waals surface area contributed by atoms with Crippen LogP contribution in [0.5, 0.6) is 5.75 Å². The number of hydrogen-bond donors (Lipinski definition) is 2. The summed E-state index contributed by atoms with van der Waals surface area (Å²) < 4.78 is 5.56. The first-order valence-corrected chi connectivity index (χ1v) is 7.10. The minimum Gasteiger partial charge on any atom is -0.494 e. The molecular weight excluding hydrogens is 254 g/mol. The second-order valence-electron chi connectivity index (χ2n) is 5.39. The maximum absolute atomic E-state index is 11.8. The van der Waals surface area contributed by atoms with Gasteiger partial charge in [0.1, 0.15) is 5.75 Å². The summed E-state index contributed by atoms with van der Waals surface area (Å²) in [4.78, 5) is 11.8. The van der Waals surface area contributed by atoms with Crippen molar-refractivity contribution in [1.29, 1.82) is 0 Å². The van der Waals surface area contributed by atoms with Gasteiger partial charge >= 0.3 is 0 Å². The molecule has 0 aliphatic carbocycles. The SMILES string of the molecule is CCC(C)(CO)NC(=O)CCCOc1ccc(C)cc1. The van der Waals surface area contributed by atoms with Crippen molar-refractivity contribution in [2.75, 3.05) is 13.2 Å². The lowest BCUT2D eigenvalue weighted by molar-refractivity contribution is -0.123. The molecule has 1 aromatic carbocycles. The Morgan fingerprint density at radius 1 is 1.35 bits per heavy atom. The molecule has 0 saturated carbocycles. The lowest BCUT2D eigenvalue weighted by Gasteiger charge is -2.27. The molecule has 112 valence electrons. The van der Waals surface area contributed by atoms with Crippen molar-refractivity contribution in [3.05, 3.63) is 29.8 Å². The highest BCUT2D eigenvalue weighted by Gasteiger charge is 2.22. The third-order valence-corrected chi connectivity index (χ3v) is 3.41. The molecule has 20 heavy (non-hydrogen) atoms. The molecule has 1 atom stereocenters.